The average molecular weight is 449 g/mol. The summed E-state index contributed by atoms with van der Waals surface area (Å²) in [5, 5.41) is 16.3. The van der Waals surface area contributed by atoms with E-state index in [1.54, 1.807) is 13.0 Å². The molecule has 2 aromatic carbocycles. The van der Waals surface area contributed by atoms with Crippen molar-refractivity contribution < 1.29 is 27.8 Å². The lowest BCUT2D eigenvalue weighted by atomic mass is 9.92. The maximum absolute atomic E-state index is 14.6. The summed E-state index contributed by atoms with van der Waals surface area (Å²) in [6, 6.07) is 6.27. The third-order valence-corrected chi connectivity index (χ3v) is 5.82. The van der Waals surface area contributed by atoms with Gasteiger partial charge in [-0.2, -0.15) is 0 Å². The summed E-state index contributed by atoms with van der Waals surface area (Å²) in [7, 11) is 0. The molecule has 0 aromatic heterocycles. The fourth-order valence-electron chi connectivity index (χ4n) is 4.07. The molecule has 4 rings (SSSR count). The van der Waals surface area contributed by atoms with Gasteiger partial charge in [0.25, 0.3) is 5.91 Å². The third-order valence-electron chi connectivity index (χ3n) is 5.82. The minimum Gasteiger partial charge on any atom is -0.385 e. The molecule has 1 atom stereocenters. The number of aryl methyl sites for hydroxylation is 1. The molecule has 0 bridgehead atoms. The summed E-state index contributed by atoms with van der Waals surface area (Å²) >= 11 is 0. The van der Waals surface area contributed by atoms with Gasteiger partial charge in [-0.25, -0.2) is 13.2 Å². The van der Waals surface area contributed by atoms with Crippen LogP contribution in [0.3, 0.4) is 0 Å². The largest absolute Gasteiger partial charge is 0.385 e. The number of β-amino-alcohol motifs (C(OH)–C–C–N with tert-alkyl or cyclic N) is 1. The number of carbonyl (C=O) groups excluding carboxylic acids is 1. The standard InChI is InChI=1S/C23H26F3N3O3/c1-14-4-7-19(18(25)9-14)28-21-16(5-6-17(24)20(21)26)22(30)29-12-23(31,13-29)11-27-10-15-3-2-8-32-15/h4-7,9,15,27-28,31H,2-3,8,10-13H2,1H3. The number of hydrogen-bond donors (Lipinski definition) is 3. The number of ether oxygens (including phenoxy) is 1. The molecule has 3 N–H and O–H groups in total. The van der Waals surface area contributed by atoms with Crippen LogP contribution in [0.15, 0.2) is 30.3 Å². The molecule has 0 aliphatic carbocycles. The van der Waals surface area contributed by atoms with Crippen LogP contribution in [0, 0.1) is 24.4 Å². The number of amides is 1. The summed E-state index contributed by atoms with van der Waals surface area (Å²) in [6.07, 6.45) is 2.13. The first kappa shape index (κ1) is 22.6. The topological polar surface area (TPSA) is 73.8 Å². The molecular weight excluding hydrogens is 423 g/mol. The van der Waals surface area contributed by atoms with Crippen molar-refractivity contribution in [3.63, 3.8) is 0 Å². The van der Waals surface area contributed by atoms with Crippen LogP contribution in [0.25, 0.3) is 0 Å². The molecule has 6 nitrogen and oxygen atoms in total. The Hall–Kier alpha value is -2.62. The second-order valence-corrected chi connectivity index (χ2v) is 8.54. The molecule has 2 heterocycles. The number of anilines is 2. The number of halogens is 3. The number of nitrogens with zero attached hydrogens (tertiary/aromatic N) is 1. The Balaban J connectivity index is 1.44. The highest BCUT2D eigenvalue weighted by molar-refractivity contribution is 6.01. The van der Waals surface area contributed by atoms with E-state index in [1.807, 2.05) is 0 Å². The van der Waals surface area contributed by atoms with E-state index in [0.717, 1.165) is 31.6 Å². The van der Waals surface area contributed by atoms with Crippen molar-refractivity contribution in [3.05, 3.63) is 58.9 Å². The number of hydrogen-bond acceptors (Lipinski definition) is 5. The molecule has 2 fully saturated rings. The molecule has 2 aliphatic heterocycles. The van der Waals surface area contributed by atoms with E-state index in [9.17, 15) is 23.1 Å². The fraction of sp³-hybridized carbons (Fsp3) is 0.435. The lowest BCUT2D eigenvalue weighted by molar-refractivity contribution is -0.0795. The molecule has 1 amide bonds. The highest BCUT2D eigenvalue weighted by atomic mass is 19.2. The zero-order valence-corrected chi connectivity index (χ0v) is 17.8. The number of rotatable bonds is 7. The Kier molecular flexibility index (Phi) is 6.41. The van der Waals surface area contributed by atoms with E-state index >= 15 is 0 Å². The lowest BCUT2D eigenvalue weighted by Gasteiger charge is -2.46. The van der Waals surface area contributed by atoms with Gasteiger partial charge in [0, 0.05) is 19.7 Å². The quantitative estimate of drug-likeness (QED) is 0.606. The highest BCUT2D eigenvalue weighted by Crippen LogP contribution is 2.31. The van der Waals surface area contributed by atoms with E-state index in [-0.39, 0.29) is 37.0 Å². The molecule has 0 spiro atoms. The zero-order valence-electron chi connectivity index (χ0n) is 17.8. The summed E-state index contributed by atoms with van der Waals surface area (Å²) in [5.41, 5.74) is -1.10. The lowest BCUT2D eigenvalue weighted by Crippen LogP contribution is -2.67. The molecule has 2 aromatic rings. The van der Waals surface area contributed by atoms with Crippen LogP contribution in [-0.2, 0) is 4.74 Å². The van der Waals surface area contributed by atoms with Crippen LogP contribution in [0.2, 0.25) is 0 Å². The Morgan fingerprint density at radius 2 is 2.00 bits per heavy atom. The second kappa shape index (κ2) is 9.09. The number of benzene rings is 2. The molecule has 172 valence electrons. The van der Waals surface area contributed by atoms with Gasteiger partial charge in [-0.3, -0.25) is 4.79 Å². The van der Waals surface area contributed by atoms with Crippen LogP contribution in [0.5, 0.6) is 0 Å². The van der Waals surface area contributed by atoms with Gasteiger partial charge in [0.15, 0.2) is 11.6 Å². The molecule has 32 heavy (non-hydrogen) atoms. The maximum Gasteiger partial charge on any atom is 0.256 e. The first-order valence-electron chi connectivity index (χ1n) is 10.6. The maximum atomic E-state index is 14.6. The number of likely N-dealkylation sites (tertiary alicyclic amines) is 1. The number of carbonyl (C=O) groups is 1. The van der Waals surface area contributed by atoms with E-state index < -0.39 is 34.6 Å². The summed E-state index contributed by atoms with van der Waals surface area (Å²) < 4.78 is 48.2. The van der Waals surface area contributed by atoms with Crippen molar-refractivity contribution in [1.82, 2.24) is 10.2 Å². The number of aliphatic hydroxyl groups is 1. The predicted molar refractivity (Wildman–Crippen MR) is 113 cm³/mol. The second-order valence-electron chi connectivity index (χ2n) is 8.54. The Labute approximate surface area is 184 Å². The van der Waals surface area contributed by atoms with E-state index in [1.165, 1.54) is 17.0 Å². The van der Waals surface area contributed by atoms with Gasteiger partial charge >= 0.3 is 0 Å². The van der Waals surface area contributed by atoms with Gasteiger partial charge in [0.2, 0.25) is 0 Å². The summed E-state index contributed by atoms with van der Waals surface area (Å²) in [6.45, 7) is 3.44. The van der Waals surface area contributed by atoms with Crippen LogP contribution >= 0.6 is 0 Å². The van der Waals surface area contributed by atoms with E-state index in [0.29, 0.717) is 12.1 Å². The van der Waals surface area contributed by atoms with Crippen LogP contribution in [-0.4, -0.2) is 60.4 Å². The smallest absolute Gasteiger partial charge is 0.256 e. The monoisotopic (exact) mass is 449 g/mol. The summed E-state index contributed by atoms with van der Waals surface area (Å²) in [5.74, 6) is -3.66. The van der Waals surface area contributed by atoms with Crippen LogP contribution in [0.4, 0.5) is 24.5 Å². The van der Waals surface area contributed by atoms with Crippen molar-refractivity contribution in [2.45, 2.75) is 31.5 Å². The van der Waals surface area contributed by atoms with Crippen molar-refractivity contribution in [3.8, 4) is 0 Å². The van der Waals surface area contributed by atoms with Gasteiger partial charge in [0.05, 0.1) is 36.1 Å². The molecular formula is C23H26F3N3O3. The Morgan fingerprint density at radius 1 is 1.22 bits per heavy atom. The molecule has 2 aliphatic rings. The van der Waals surface area contributed by atoms with Crippen molar-refractivity contribution in [2.24, 2.45) is 0 Å². The van der Waals surface area contributed by atoms with Gasteiger partial charge in [-0.05, 0) is 49.6 Å². The van der Waals surface area contributed by atoms with Crippen molar-refractivity contribution in [2.75, 3.05) is 38.1 Å². The highest BCUT2D eigenvalue weighted by Gasteiger charge is 2.44. The molecule has 1 unspecified atom stereocenters. The predicted octanol–water partition coefficient (Wildman–Crippen LogP) is 3.11. The first-order chi connectivity index (χ1) is 15.3. The zero-order chi connectivity index (χ0) is 22.9. The van der Waals surface area contributed by atoms with E-state index in [4.69, 9.17) is 4.74 Å². The van der Waals surface area contributed by atoms with Crippen LogP contribution in [0.1, 0.15) is 28.8 Å². The third kappa shape index (κ3) is 4.74. The molecule has 2 saturated heterocycles. The Bertz CT molecular complexity index is 1010. The SMILES string of the molecule is Cc1ccc(Nc2c(C(=O)N3CC(O)(CNCC4CCCO4)C3)ccc(F)c2F)c(F)c1. The molecule has 9 heteroatoms. The first-order valence-corrected chi connectivity index (χ1v) is 10.6. The fourth-order valence-corrected chi connectivity index (χ4v) is 4.07. The van der Waals surface area contributed by atoms with Gasteiger partial charge in [-0.1, -0.05) is 6.07 Å². The van der Waals surface area contributed by atoms with Gasteiger partial charge in [0.1, 0.15) is 11.4 Å². The average Bonchev–Trinajstić information content (AvgIpc) is 3.24. The summed E-state index contributed by atoms with van der Waals surface area (Å²) in [4.78, 5) is 14.3. The number of nitrogens with one attached hydrogen (secondary N) is 2. The van der Waals surface area contributed by atoms with E-state index in [2.05, 4.69) is 10.6 Å². The normalized spacial score (nSPS) is 19.7. The minimum absolute atomic E-state index is 0.0433. The van der Waals surface area contributed by atoms with Crippen molar-refractivity contribution >= 4 is 17.3 Å². The van der Waals surface area contributed by atoms with Gasteiger partial charge < -0.3 is 25.4 Å². The Morgan fingerprint density at radius 3 is 2.69 bits per heavy atom. The van der Waals surface area contributed by atoms with Crippen LogP contribution < -0.4 is 10.6 Å². The minimum atomic E-state index is -1.27. The molecule has 0 saturated carbocycles. The van der Waals surface area contributed by atoms with Gasteiger partial charge in [-0.15, -0.1) is 0 Å². The molecule has 0 radical (unpaired) electrons. The van der Waals surface area contributed by atoms with Crippen molar-refractivity contribution in [1.29, 1.82) is 0 Å².